The number of ketones is 1. The maximum atomic E-state index is 14.1. The van der Waals surface area contributed by atoms with Gasteiger partial charge in [-0.2, -0.15) is 5.10 Å². The van der Waals surface area contributed by atoms with Crippen LogP contribution >= 0.6 is 0 Å². The van der Waals surface area contributed by atoms with Gasteiger partial charge in [-0.3, -0.25) is 9.48 Å². The van der Waals surface area contributed by atoms with Crippen LogP contribution in [0, 0.1) is 5.82 Å². The molecule has 1 aliphatic heterocycles. The summed E-state index contributed by atoms with van der Waals surface area (Å²) in [5.74, 6) is -1.31. The molecular weight excluding hydrogens is 393 g/mol. The van der Waals surface area contributed by atoms with Gasteiger partial charge < -0.3 is 5.32 Å². The predicted octanol–water partition coefficient (Wildman–Crippen LogP) is 2.96. The van der Waals surface area contributed by atoms with Gasteiger partial charge in [0.25, 0.3) is 0 Å². The van der Waals surface area contributed by atoms with Gasteiger partial charge >= 0.3 is 0 Å². The second kappa shape index (κ2) is 8.36. The van der Waals surface area contributed by atoms with E-state index in [-0.39, 0.29) is 29.1 Å². The first-order valence-electron chi connectivity index (χ1n) is 9.92. The van der Waals surface area contributed by atoms with Gasteiger partial charge in [-0.15, -0.1) is 0 Å². The molecule has 1 aromatic heterocycles. The van der Waals surface area contributed by atoms with E-state index in [9.17, 15) is 17.6 Å². The molecule has 158 valence electrons. The number of aromatic nitrogens is 2. The molecule has 1 aromatic carbocycles. The number of carbonyl (C=O) groups is 1. The SMILES string of the molecule is CC(C)c1cc(F)cc(C(C)C)c1CC(=O)CS(=O)(=O)c1cc2n(n1)CCNC2. The molecule has 0 atom stereocenters. The highest BCUT2D eigenvalue weighted by atomic mass is 32.2. The smallest absolute Gasteiger partial charge is 0.204 e. The molecule has 29 heavy (non-hydrogen) atoms. The number of nitrogens with one attached hydrogen (secondary N) is 1. The lowest BCUT2D eigenvalue weighted by Crippen LogP contribution is -2.28. The predicted molar refractivity (Wildman–Crippen MR) is 109 cm³/mol. The van der Waals surface area contributed by atoms with Crippen LogP contribution < -0.4 is 5.32 Å². The maximum Gasteiger partial charge on any atom is 0.204 e. The van der Waals surface area contributed by atoms with Gasteiger partial charge in [0.1, 0.15) is 11.6 Å². The number of carbonyl (C=O) groups excluding carboxylic acids is 1. The first kappa shape index (κ1) is 21.6. The number of hydrogen-bond donors (Lipinski definition) is 1. The van der Waals surface area contributed by atoms with E-state index in [1.54, 1.807) is 4.68 Å². The summed E-state index contributed by atoms with van der Waals surface area (Å²) in [6.07, 6.45) is -0.0321. The highest BCUT2D eigenvalue weighted by molar-refractivity contribution is 7.92. The van der Waals surface area contributed by atoms with Gasteiger partial charge in [0.15, 0.2) is 10.8 Å². The summed E-state index contributed by atoms with van der Waals surface area (Å²) in [5, 5.41) is 7.28. The van der Waals surface area contributed by atoms with Gasteiger partial charge in [0.2, 0.25) is 9.84 Å². The zero-order chi connectivity index (χ0) is 21.3. The van der Waals surface area contributed by atoms with Gasteiger partial charge in [-0.05, 0) is 46.7 Å². The quantitative estimate of drug-likeness (QED) is 0.743. The summed E-state index contributed by atoms with van der Waals surface area (Å²) in [4.78, 5) is 12.8. The van der Waals surface area contributed by atoms with Crippen molar-refractivity contribution in [3.8, 4) is 0 Å². The van der Waals surface area contributed by atoms with E-state index in [0.717, 1.165) is 28.9 Å². The van der Waals surface area contributed by atoms with Crippen molar-refractivity contribution in [2.45, 2.75) is 64.1 Å². The van der Waals surface area contributed by atoms with Gasteiger partial charge in [0.05, 0.1) is 12.2 Å². The van der Waals surface area contributed by atoms with Crippen molar-refractivity contribution in [2.75, 3.05) is 12.3 Å². The number of halogens is 1. The van der Waals surface area contributed by atoms with Crippen LogP contribution in [-0.4, -0.2) is 36.3 Å². The number of Topliss-reactive ketones (excluding diaryl/α,β-unsaturated/α-hetero) is 1. The van der Waals surface area contributed by atoms with Crippen molar-refractivity contribution in [3.05, 3.63) is 46.4 Å². The monoisotopic (exact) mass is 421 g/mol. The Hall–Kier alpha value is -2.06. The highest BCUT2D eigenvalue weighted by Crippen LogP contribution is 2.30. The third-order valence-corrected chi connectivity index (χ3v) is 6.76. The minimum absolute atomic E-state index is 0.0231. The minimum Gasteiger partial charge on any atom is -0.309 e. The molecule has 0 unspecified atom stereocenters. The molecule has 2 heterocycles. The fourth-order valence-electron chi connectivity index (χ4n) is 3.77. The summed E-state index contributed by atoms with van der Waals surface area (Å²) >= 11 is 0. The first-order valence-corrected chi connectivity index (χ1v) is 11.6. The molecule has 1 N–H and O–H groups in total. The van der Waals surface area contributed by atoms with E-state index in [4.69, 9.17) is 0 Å². The van der Waals surface area contributed by atoms with Crippen LogP contribution in [0.5, 0.6) is 0 Å². The van der Waals surface area contributed by atoms with Gasteiger partial charge in [0, 0.05) is 19.5 Å². The molecule has 2 aromatic rings. The maximum absolute atomic E-state index is 14.1. The molecule has 0 spiro atoms. The second-order valence-electron chi connectivity index (χ2n) is 8.22. The molecule has 3 rings (SSSR count). The topological polar surface area (TPSA) is 81.1 Å². The Kier molecular flexibility index (Phi) is 6.24. The average Bonchev–Trinajstić information content (AvgIpc) is 3.07. The van der Waals surface area contributed by atoms with Crippen molar-refractivity contribution in [2.24, 2.45) is 0 Å². The van der Waals surface area contributed by atoms with Crippen LogP contribution in [0.2, 0.25) is 0 Å². The van der Waals surface area contributed by atoms with Crippen LogP contribution in [0.4, 0.5) is 4.39 Å². The van der Waals surface area contributed by atoms with Gasteiger partial charge in [-0.1, -0.05) is 27.7 Å². The average molecular weight is 422 g/mol. The zero-order valence-corrected chi connectivity index (χ0v) is 18.1. The molecule has 0 saturated carbocycles. The number of hydrogen-bond acceptors (Lipinski definition) is 5. The van der Waals surface area contributed by atoms with Crippen LogP contribution in [0.25, 0.3) is 0 Å². The Balaban J connectivity index is 1.86. The third-order valence-electron chi connectivity index (χ3n) is 5.22. The molecule has 0 aliphatic carbocycles. The minimum atomic E-state index is -3.83. The van der Waals surface area contributed by atoms with Crippen molar-refractivity contribution in [1.29, 1.82) is 0 Å². The normalized spacial score (nSPS) is 14.4. The second-order valence-corrected chi connectivity index (χ2v) is 10.2. The van der Waals surface area contributed by atoms with E-state index in [1.807, 2.05) is 27.7 Å². The highest BCUT2D eigenvalue weighted by Gasteiger charge is 2.26. The molecular formula is C21H28FN3O3S. The standard InChI is InChI=1S/C21H28FN3O3S/c1-13(2)18-7-15(22)8-19(14(3)4)20(18)10-17(26)12-29(27,28)21-9-16-11-23-5-6-25(16)24-21/h7-9,13-14,23H,5-6,10-12H2,1-4H3. The summed E-state index contributed by atoms with van der Waals surface area (Å²) in [7, 11) is -3.83. The van der Waals surface area contributed by atoms with Crippen molar-refractivity contribution in [3.63, 3.8) is 0 Å². The summed E-state index contributed by atoms with van der Waals surface area (Å²) in [5.41, 5.74) is 3.04. The van der Waals surface area contributed by atoms with E-state index < -0.39 is 21.4 Å². The number of rotatable bonds is 7. The Labute approximate surface area is 171 Å². The fourth-order valence-corrected chi connectivity index (χ4v) is 4.98. The fraction of sp³-hybridized carbons (Fsp3) is 0.524. The molecule has 0 bridgehead atoms. The Bertz CT molecular complexity index is 973. The lowest BCUT2D eigenvalue weighted by atomic mass is 9.86. The molecule has 0 fully saturated rings. The number of nitrogens with zero attached hydrogens (tertiary/aromatic N) is 2. The van der Waals surface area contributed by atoms with E-state index >= 15 is 0 Å². The number of sulfone groups is 1. The van der Waals surface area contributed by atoms with E-state index in [0.29, 0.717) is 13.1 Å². The lowest BCUT2D eigenvalue weighted by molar-refractivity contribution is -0.116. The summed E-state index contributed by atoms with van der Waals surface area (Å²) < 4.78 is 41.3. The molecule has 8 heteroatoms. The van der Waals surface area contributed by atoms with E-state index in [2.05, 4.69) is 10.4 Å². The van der Waals surface area contributed by atoms with Crippen molar-refractivity contribution in [1.82, 2.24) is 15.1 Å². The molecule has 0 radical (unpaired) electrons. The molecule has 0 saturated heterocycles. The van der Waals surface area contributed by atoms with Crippen molar-refractivity contribution < 1.29 is 17.6 Å². The molecule has 1 aliphatic rings. The molecule has 6 nitrogen and oxygen atoms in total. The van der Waals surface area contributed by atoms with Crippen LogP contribution in [0.1, 0.15) is 61.9 Å². The van der Waals surface area contributed by atoms with Crippen LogP contribution in [0.15, 0.2) is 23.2 Å². The Morgan fingerprint density at radius 1 is 1.17 bits per heavy atom. The largest absolute Gasteiger partial charge is 0.309 e. The third kappa shape index (κ3) is 4.75. The van der Waals surface area contributed by atoms with Crippen LogP contribution in [-0.2, 0) is 34.1 Å². The first-order chi connectivity index (χ1) is 13.6. The van der Waals surface area contributed by atoms with Crippen molar-refractivity contribution >= 4 is 15.6 Å². The number of fused-ring (bicyclic) bond motifs is 1. The summed E-state index contributed by atoms with van der Waals surface area (Å²) in [6.45, 7) is 9.64. The summed E-state index contributed by atoms with van der Waals surface area (Å²) in [6, 6.07) is 4.43. The van der Waals surface area contributed by atoms with E-state index in [1.165, 1.54) is 18.2 Å². The zero-order valence-electron chi connectivity index (χ0n) is 17.3. The Morgan fingerprint density at radius 3 is 2.34 bits per heavy atom. The Morgan fingerprint density at radius 2 is 1.79 bits per heavy atom. The van der Waals surface area contributed by atoms with Gasteiger partial charge in [-0.25, -0.2) is 12.8 Å². The number of benzene rings is 1. The van der Waals surface area contributed by atoms with Crippen LogP contribution in [0.3, 0.4) is 0 Å². The molecule has 0 amide bonds. The lowest BCUT2D eigenvalue weighted by Gasteiger charge is -2.19.